The number of carbonyl (C=O) groups excluding carboxylic acids is 3. The quantitative estimate of drug-likeness (QED) is 0.464. The van der Waals surface area contributed by atoms with Crippen molar-refractivity contribution in [1.29, 1.82) is 0 Å². The van der Waals surface area contributed by atoms with E-state index in [1.165, 1.54) is 42.2 Å². The second kappa shape index (κ2) is 10.9. The maximum absolute atomic E-state index is 13.2. The number of nitrogens with zero attached hydrogens (tertiary/aromatic N) is 2. The van der Waals surface area contributed by atoms with Crippen molar-refractivity contribution in [2.75, 3.05) is 13.1 Å². The van der Waals surface area contributed by atoms with Gasteiger partial charge in [-0.25, -0.2) is 13.4 Å². The molecule has 1 saturated heterocycles. The Hall–Kier alpha value is -3.35. The molecule has 1 aliphatic heterocycles. The maximum Gasteiger partial charge on any atom is 0.260 e. The molecule has 0 saturated carbocycles. The van der Waals surface area contributed by atoms with Crippen LogP contribution in [0.15, 0.2) is 69.9 Å². The molecule has 10 nitrogen and oxygen atoms in total. The van der Waals surface area contributed by atoms with E-state index in [0.717, 1.165) is 9.18 Å². The Morgan fingerprint density at radius 2 is 2.09 bits per heavy atom. The normalized spacial score (nSPS) is 17.9. The van der Waals surface area contributed by atoms with E-state index in [0.29, 0.717) is 6.42 Å². The van der Waals surface area contributed by atoms with Crippen molar-refractivity contribution in [1.82, 2.24) is 19.9 Å². The highest BCUT2D eigenvalue weighted by molar-refractivity contribution is 7.89. The summed E-state index contributed by atoms with van der Waals surface area (Å²) >= 11 is 1.45. The monoisotopic (exact) mass is 516 g/mol. The minimum absolute atomic E-state index is 0.131. The van der Waals surface area contributed by atoms with Crippen molar-refractivity contribution in [2.45, 2.75) is 36.4 Å². The molecule has 4 heterocycles. The molecule has 0 bridgehead atoms. The molecule has 12 heteroatoms. The Balaban J connectivity index is 1.45. The number of nitrogens with one attached hydrogen (secondary N) is 2. The number of hydrogen-bond donors (Lipinski definition) is 2. The number of amides is 2. The lowest BCUT2D eigenvalue weighted by molar-refractivity contribution is -0.128. The van der Waals surface area contributed by atoms with Crippen LogP contribution in [-0.4, -0.2) is 60.5 Å². The molecular formula is C23H24N4O6S2. The molecule has 2 amide bonds. The van der Waals surface area contributed by atoms with Crippen LogP contribution in [0.4, 0.5) is 0 Å². The van der Waals surface area contributed by atoms with Gasteiger partial charge in [-0.05, 0) is 42.5 Å². The third-order valence-corrected chi connectivity index (χ3v) is 8.23. The molecule has 3 aromatic heterocycles. The Morgan fingerprint density at radius 3 is 2.77 bits per heavy atom. The highest BCUT2D eigenvalue weighted by Crippen LogP contribution is 2.18. The highest BCUT2D eigenvalue weighted by Gasteiger charge is 2.34. The van der Waals surface area contributed by atoms with E-state index in [1.807, 2.05) is 17.5 Å². The fraction of sp³-hybridized carbons (Fsp3) is 0.304. The fourth-order valence-electron chi connectivity index (χ4n) is 3.73. The number of rotatable bonds is 8. The van der Waals surface area contributed by atoms with Crippen LogP contribution in [0, 0.1) is 0 Å². The number of furan rings is 1. The Morgan fingerprint density at radius 1 is 1.23 bits per heavy atom. The number of hydrogen-bond acceptors (Lipinski definition) is 8. The smallest absolute Gasteiger partial charge is 0.260 e. The number of thiophene rings is 1. The van der Waals surface area contributed by atoms with Gasteiger partial charge in [0.2, 0.25) is 5.91 Å². The molecule has 2 N–H and O–H groups in total. The molecule has 0 spiro atoms. The summed E-state index contributed by atoms with van der Waals surface area (Å²) in [7, 11) is -3.94. The average Bonchev–Trinajstić information content (AvgIpc) is 3.54. The molecule has 2 atom stereocenters. The predicted molar refractivity (Wildman–Crippen MR) is 127 cm³/mol. The third kappa shape index (κ3) is 6.02. The summed E-state index contributed by atoms with van der Waals surface area (Å²) in [5.41, 5.74) is 0.273. The van der Waals surface area contributed by atoms with Crippen molar-refractivity contribution < 1.29 is 27.2 Å². The molecule has 0 aromatic carbocycles. The van der Waals surface area contributed by atoms with E-state index in [2.05, 4.69) is 15.6 Å². The predicted octanol–water partition coefficient (Wildman–Crippen LogP) is 1.62. The second-order valence-corrected chi connectivity index (χ2v) is 10.9. The van der Waals surface area contributed by atoms with E-state index >= 15 is 0 Å². The molecule has 35 heavy (non-hydrogen) atoms. The van der Waals surface area contributed by atoms with Gasteiger partial charge in [-0.3, -0.25) is 14.4 Å². The molecule has 3 aromatic rings. The van der Waals surface area contributed by atoms with Crippen molar-refractivity contribution in [3.8, 4) is 0 Å². The summed E-state index contributed by atoms with van der Waals surface area (Å²) in [6.45, 7) is -0.242. The number of Topliss-reactive ketones (excluding diaryl/α,β-unsaturated/α-hetero) is 1. The standard InChI is InChI=1S/C23H24N4O6S2/c28-20-14-27(35(31,32)21-7-1-2-9-24-21)10-3-6-18(20)25-23(30)19(13-17-5-4-12-34-17)26-22(29)16-8-11-33-15-16/h1-2,4-5,7-9,11-12,15,18-19H,3,6,10,13-14H2,(H,25,30)(H,26,29)/t18?,19-/m0/s1. The van der Waals surface area contributed by atoms with Crippen LogP contribution in [0.2, 0.25) is 0 Å². The van der Waals surface area contributed by atoms with Crippen molar-refractivity contribution in [3.63, 3.8) is 0 Å². The van der Waals surface area contributed by atoms with Crippen molar-refractivity contribution >= 4 is 39.0 Å². The first-order valence-electron chi connectivity index (χ1n) is 10.9. The molecule has 0 radical (unpaired) electrons. The van der Waals surface area contributed by atoms with Gasteiger partial charge in [0.25, 0.3) is 15.9 Å². The van der Waals surface area contributed by atoms with Gasteiger partial charge in [0.05, 0.1) is 24.4 Å². The Kier molecular flexibility index (Phi) is 7.73. The lowest BCUT2D eigenvalue weighted by Gasteiger charge is -2.22. The first-order chi connectivity index (χ1) is 16.8. The van der Waals surface area contributed by atoms with Gasteiger partial charge in [0, 0.05) is 24.0 Å². The molecule has 1 fully saturated rings. The first kappa shape index (κ1) is 24.8. The molecule has 184 valence electrons. The molecule has 0 aliphatic carbocycles. The number of aromatic nitrogens is 1. The summed E-state index contributed by atoms with van der Waals surface area (Å²) in [6, 6.07) is 7.93. The van der Waals surface area contributed by atoms with Crippen LogP contribution < -0.4 is 10.6 Å². The maximum atomic E-state index is 13.2. The van der Waals surface area contributed by atoms with Crippen LogP contribution in [-0.2, 0) is 26.0 Å². The Labute approximate surface area is 206 Å². The van der Waals surface area contributed by atoms with Gasteiger partial charge < -0.3 is 15.1 Å². The first-order valence-corrected chi connectivity index (χ1v) is 13.3. The minimum atomic E-state index is -3.94. The SMILES string of the molecule is O=C(N[C@@H](Cc1cccs1)C(=O)NC1CCCN(S(=O)(=O)c2ccccn2)CC1=O)c1ccoc1. The zero-order valence-corrected chi connectivity index (χ0v) is 20.3. The van der Waals surface area contributed by atoms with Gasteiger partial charge in [-0.15, -0.1) is 11.3 Å². The fourth-order valence-corrected chi connectivity index (χ4v) is 5.86. The summed E-state index contributed by atoms with van der Waals surface area (Å²) in [5.74, 6) is -1.42. The van der Waals surface area contributed by atoms with Crippen molar-refractivity contribution in [2.24, 2.45) is 0 Å². The summed E-state index contributed by atoms with van der Waals surface area (Å²) in [5, 5.41) is 7.16. The number of ketones is 1. The third-order valence-electron chi connectivity index (χ3n) is 5.57. The topological polar surface area (TPSA) is 139 Å². The average molecular weight is 517 g/mol. The van der Waals surface area contributed by atoms with Crippen LogP contribution in [0.1, 0.15) is 28.1 Å². The van der Waals surface area contributed by atoms with E-state index in [9.17, 15) is 22.8 Å². The van der Waals surface area contributed by atoms with Crippen molar-refractivity contribution in [3.05, 3.63) is 70.9 Å². The van der Waals surface area contributed by atoms with E-state index in [4.69, 9.17) is 4.42 Å². The van der Waals surface area contributed by atoms with Gasteiger partial charge in [0.1, 0.15) is 12.3 Å². The summed E-state index contributed by atoms with van der Waals surface area (Å²) in [6.07, 6.45) is 4.91. The number of sulfonamides is 1. The number of pyridine rings is 1. The highest BCUT2D eigenvalue weighted by atomic mass is 32.2. The number of carbonyl (C=O) groups is 3. The minimum Gasteiger partial charge on any atom is -0.472 e. The zero-order chi connectivity index (χ0) is 24.8. The largest absolute Gasteiger partial charge is 0.472 e. The molecular weight excluding hydrogens is 492 g/mol. The van der Waals surface area contributed by atoms with Gasteiger partial charge in [0.15, 0.2) is 10.8 Å². The molecule has 1 unspecified atom stereocenters. The lowest BCUT2D eigenvalue weighted by Crippen LogP contribution is -2.53. The van der Waals surface area contributed by atoms with Crippen LogP contribution >= 0.6 is 11.3 Å². The van der Waals surface area contributed by atoms with E-state index < -0.39 is 39.7 Å². The van der Waals surface area contributed by atoms with Crippen LogP contribution in [0.3, 0.4) is 0 Å². The summed E-state index contributed by atoms with van der Waals surface area (Å²) < 4.78 is 31.8. The Bertz CT molecular complexity index is 1260. The van der Waals surface area contributed by atoms with Crippen LogP contribution in [0.5, 0.6) is 0 Å². The lowest BCUT2D eigenvalue weighted by atomic mass is 10.1. The van der Waals surface area contributed by atoms with Gasteiger partial charge >= 0.3 is 0 Å². The van der Waals surface area contributed by atoms with E-state index in [1.54, 1.807) is 12.1 Å². The second-order valence-electron chi connectivity index (χ2n) is 8.00. The van der Waals surface area contributed by atoms with Gasteiger partial charge in [-0.1, -0.05) is 12.1 Å². The summed E-state index contributed by atoms with van der Waals surface area (Å²) in [4.78, 5) is 43.5. The zero-order valence-electron chi connectivity index (χ0n) is 18.6. The molecule has 1 aliphatic rings. The van der Waals surface area contributed by atoms with E-state index in [-0.39, 0.29) is 36.5 Å². The molecule has 4 rings (SSSR count). The van der Waals surface area contributed by atoms with Crippen LogP contribution in [0.25, 0.3) is 0 Å². The van der Waals surface area contributed by atoms with Gasteiger partial charge in [-0.2, -0.15) is 4.31 Å².